The van der Waals surface area contributed by atoms with E-state index in [1.54, 1.807) is 0 Å². The molecule has 0 saturated carbocycles. The maximum absolute atomic E-state index is 13.5. The summed E-state index contributed by atoms with van der Waals surface area (Å²) in [6.45, 7) is -0.213. The summed E-state index contributed by atoms with van der Waals surface area (Å²) in [7, 11) is 1.13. The molecule has 0 bridgehead atoms. The minimum Gasteiger partial charge on any atom is -0.465 e. The van der Waals surface area contributed by atoms with E-state index in [1.807, 2.05) is 0 Å². The molecule has 0 fully saturated rings. The van der Waals surface area contributed by atoms with Gasteiger partial charge in [0.05, 0.1) is 17.6 Å². The van der Waals surface area contributed by atoms with Crippen molar-refractivity contribution in [3.63, 3.8) is 0 Å². The highest BCUT2D eigenvalue weighted by Crippen LogP contribution is 2.24. The van der Waals surface area contributed by atoms with Crippen molar-refractivity contribution in [1.29, 1.82) is 0 Å². The van der Waals surface area contributed by atoms with Gasteiger partial charge in [0.25, 0.3) is 0 Å². The second-order valence-corrected chi connectivity index (χ2v) is 4.43. The molecule has 120 valence electrons. The first-order chi connectivity index (χ1) is 10.9. The minimum absolute atomic E-state index is 0.0156. The molecule has 0 amide bonds. The fourth-order valence-corrected chi connectivity index (χ4v) is 1.82. The van der Waals surface area contributed by atoms with Crippen molar-refractivity contribution in [3.05, 3.63) is 63.3 Å². The Hall–Kier alpha value is -3.10. The van der Waals surface area contributed by atoms with Crippen LogP contribution in [0.1, 0.15) is 15.9 Å². The molecule has 0 spiro atoms. The summed E-state index contributed by atoms with van der Waals surface area (Å²) < 4.78 is 31.1. The SMILES string of the molecule is COC(=O)c1cnc(NCc2cc(F)ccc2F)c([N+](=O)[O-])c1. The van der Waals surface area contributed by atoms with E-state index in [0.29, 0.717) is 0 Å². The van der Waals surface area contributed by atoms with Gasteiger partial charge in [0.1, 0.15) is 11.6 Å². The maximum atomic E-state index is 13.5. The molecular formula is C14H11F2N3O4. The molecule has 7 nitrogen and oxygen atoms in total. The van der Waals surface area contributed by atoms with E-state index in [0.717, 1.165) is 37.6 Å². The highest BCUT2D eigenvalue weighted by Gasteiger charge is 2.19. The molecule has 1 aromatic carbocycles. The number of methoxy groups -OCH3 is 1. The number of pyridine rings is 1. The lowest BCUT2D eigenvalue weighted by Crippen LogP contribution is -2.09. The van der Waals surface area contributed by atoms with Crippen LogP contribution in [0.3, 0.4) is 0 Å². The summed E-state index contributed by atoms with van der Waals surface area (Å²) in [4.78, 5) is 25.4. The molecule has 0 aliphatic carbocycles. The van der Waals surface area contributed by atoms with Crippen LogP contribution >= 0.6 is 0 Å². The van der Waals surface area contributed by atoms with Gasteiger partial charge in [-0.3, -0.25) is 10.1 Å². The van der Waals surface area contributed by atoms with Crippen molar-refractivity contribution in [2.24, 2.45) is 0 Å². The third-order valence-electron chi connectivity index (χ3n) is 2.94. The molecule has 23 heavy (non-hydrogen) atoms. The lowest BCUT2D eigenvalue weighted by molar-refractivity contribution is -0.384. The van der Waals surface area contributed by atoms with Crippen LogP contribution < -0.4 is 5.32 Å². The number of ether oxygens (including phenoxy) is 1. The van der Waals surface area contributed by atoms with Gasteiger partial charge in [0.2, 0.25) is 5.82 Å². The van der Waals surface area contributed by atoms with Crippen molar-refractivity contribution in [3.8, 4) is 0 Å². The van der Waals surface area contributed by atoms with Gasteiger partial charge in [-0.15, -0.1) is 0 Å². The van der Waals surface area contributed by atoms with Crippen LogP contribution in [0, 0.1) is 21.7 Å². The van der Waals surface area contributed by atoms with Crippen LogP contribution in [0.4, 0.5) is 20.3 Å². The number of carbonyl (C=O) groups excluding carboxylic acids is 1. The number of carbonyl (C=O) groups is 1. The number of nitrogens with one attached hydrogen (secondary N) is 1. The second kappa shape index (κ2) is 6.77. The van der Waals surface area contributed by atoms with Gasteiger partial charge in [-0.1, -0.05) is 0 Å². The first kappa shape index (κ1) is 16.3. The van der Waals surface area contributed by atoms with Crippen molar-refractivity contribution in [1.82, 2.24) is 4.98 Å². The first-order valence-corrected chi connectivity index (χ1v) is 6.33. The fraction of sp³-hybridized carbons (Fsp3) is 0.143. The average Bonchev–Trinajstić information content (AvgIpc) is 2.54. The number of anilines is 1. The molecule has 2 aromatic rings. The standard InChI is InChI=1S/C14H11F2N3O4/c1-23-14(20)9-5-12(19(21)22)13(18-7-9)17-6-8-4-10(15)2-3-11(8)16/h2-5,7H,6H2,1H3,(H,17,18). The van der Waals surface area contributed by atoms with Crippen LogP contribution in [0.15, 0.2) is 30.5 Å². The Morgan fingerprint density at radius 1 is 1.39 bits per heavy atom. The molecule has 0 atom stereocenters. The molecule has 0 aliphatic rings. The summed E-state index contributed by atoms with van der Waals surface area (Å²) in [5.41, 5.74) is -0.593. The summed E-state index contributed by atoms with van der Waals surface area (Å²) in [6.07, 6.45) is 1.09. The number of halogens is 2. The topological polar surface area (TPSA) is 94.4 Å². The Balaban J connectivity index is 2.27. The van der Waals surface area contributed by atoms with E-state index < -0.39 is 28.2 Å². The van der Waals surface area contributed by atoms with Gasteiger partial charge in [-0.2, -0.15) is 0 Å². The summed E-state index contributed by atoms with van der Waals surface area (Å²) >= 11 is 0. The minimum atomic E-state index is -0.775. The van der Waals surface area contributed by atoms with E-state index in [4.69, 9.17) is 0 Å². The third kappa shape index (κ3) is 3.76. The van der Waals surface area contributed by atoms with Gasteiger partial charge in [-0.05, 0) is 18.2 Å². The molecule has 9 heteroatoms. The number of esters is 1. The van der Waals surface area contributed by atoms with E-state index in [2.05, 4.69) is 15.0 Å². The number of benzene rings is 1. The van der Waals surface area contributed by atoms with Gasteiger partial charge in [-0.25, -0.2) is 18.6 Å². The summed E-state index contributed by atoms with van der Waals surface area (Å²) in [5.74, 6) is -2.24. The first-order valence-electron chi connectivity index (χ1n) is 6.33. The molecule has 0 saturated heterocycles. The van der Waals surface area contributed by atoms with Crippen LogP contribution in [-0.4, -0.2) is 23.0 Å². The van der Waals surface area contributed by atoms with Crippen molar-refractivity contribution >= 4 is 17.5 Å². The highest BCUT2D eigenvalue weighted by atomic mass is 19.1. The molecule has 0 radical (unpaired) electrons. The Bertz CT molecular complexity index is 768. The van der Waals surface area contributed by atoms with Gasteiger partial charge in [0, 0.05) is 24.4 Å². The molecule has 0 unspecified atom stereocenters. The third-order valence-corrected chi connectivity index (χ3v) is 2.94. The number of aromatic nitrogens is 1. The zero-order valence-electron chi connectivity index (χ0n) is 11.9. The van der Waals surface area contributed by atoms with E-state index >= 15 is 0 Å². The fourth-order valence-electron chi connectivity index (χ4n) is 1.82. The Morgan fingerprint density at radius 2 is 2.13 bits per heavy atom. The lowest BCUT2D eigenvalue weighted by Gasteiger charge is -2.08. The Labute approximate surface area is 129 Å². The van der Waals surface area contributed by atoms with Crippen molar-refractivity contribution in [2.45, 2.75) is 6.54 Å². The zero-order valence-corrected chi connectivity index (χ0v) is 11.9. The van der Waals surface area contributed by atoms with Crippen LogP contribution in [0.25, 0.3) is 0 Å². The quantitative estimate of drug-likeness (QED) is 0.516. The maximum Gasteiger partial charge on any atom is 0.339 e. The van der Waals surface area contributed by atoms with Crippen molar-refractivity contribution < 1.29 is 23.2 Å². The average molecular weight is 323 g/mol. The summed E-state index contributed by atoms with van der Waals surface area (Å²) in [5, 5.41) is 13.6. The predicted molar refractivity (Wildman–Crippen MR) is 75.9 cm³/mol. The number of hydrogen-bond acceptors (Lipinski definition) is 6. The largest absolute Gasteiger partial charge is 0.465 e. The molecule has 1 heterocycles. The number of hydrogen-bond donors (Lipinski definition) is 1. The van der Waals surface area contributed by atoms with E-state index in [9.17, 15) is 23.7 Å². The monoisotopic (exact) mass is 323 g/mol. The Kier molecular flexibility index (Phi) is 4.79. The molecular weight excluding hydrogens is 312 g/mol. The molecule has 2 rings (SSSR count). The molecule has 1 N–H and O–H groups in total. The zero-order chi connectivity index (χ0) is 17.0. The molecule has 1 aromatic heterocycles. The number of rotatable bonds is 5. The van der Waals surface area contributed by atoms with Crippen LogP contribution in [-0.2, 0) is 11.3 Å². The smallest absolute Gasteiger partial charge is 0.339 e. The predicted octanol–water partition coefficient (Wildman–Crippen LogP) is 2.67. The lowest BCUT2D eigenvalue weighted by atomic mass is 10.2. The molecule has 0 aliphatic heterocycles. The van der Waals surface area contributed by atoms with Gasteiger partial charge < -0.3 is 10.1 Å². The van der Waals surface area contributed by atoms with Crippen LogP contribution in [0.5, 0.6) is 0 Å². The van der Waals surface area contributed by atoms with Crippen LogP contribution in [0.2, 0.25) is 0 Å². The second-order valence-electron chi connectivity index (χ2n) is 4.43. The van der Waals surface area contributed by atoms with E-state index in [-0.39, 0.29) is 23.5 Å². The Morgan fingerprint density at radius 3 is 2.78 bits per heavy atom. The normalized spacial score (nSPS) is 10.2. The van der Waals surface area contributed by atoms with Gasteiger partial charge >= 0.3 is 11.7 Å². The highest BCUT2D eigenvalue weighted by molar-refractivity contribution is 5.90. The van der Waals surface area contributed by atoms with E-state index in [1.165, 1.54) is 0 Å². The number of nitro groups is 1. The van der Waals surface area contributed by atoms with Gasteiger partial charge in [0.15, 0.2) is 0 Å². The van der Waals surface area contributed by atoms with Crippen molar-refractivity contribution in [2.75, 3.05) is 12.4 Å². The number of nitrogens with zero attached hydrogens (tertiary/aromatic N) is 2. The summed E-state index contributed by atoms with van der Waals surface area (Å²) in [6, 6.07) is 3.87.